The summed E-state index contributed by atoms with van der Waals surface area (Å²) in [5, 5.41) is 2.60. The average Bonchev–Trinajstić information content (AvgIpc) is 3.27. The maximum Gasteiger partial charge on any atom is 0.338 e. The molecule has 2 amide bonds. The lowest BCUT2D eigenvalue weighted by molar-refractivity contribution is -0.151. The number of rotatable bonds is 10. The van der Waals surface area contributed by atoms with Crippen LogP contribution in [0.5, 0.6) is 11.5 Å². The second-order valence-electron chi connectivity index (χ2n) is 8.67. The molecule has 1 saturated heterocycles. The summed E-state index contributed by atoms with van der Waals surface area (Å²) in [6.45, 7) is 3.80. The van der Waals surface area contributed by atoms with Gasteiger partial charge in [0.05, 0.1) is 38.0 Å². The maximum atomic E-state index is 12.6. The molecule has 10 heteroatoms. The lowest BCUT2D eigenvalue weighted by Gasteiger charge is -2.20. The SMILES string of the molecule is COc1ccc(N2C[C@@H](C(=O)OCC(=O)Nc3ccc(C(=O)OCC(C)C)cc3)CC2=O)c(OC)c1. The molecule has 36 heavy (non-hydrogen) atoms. The van der Waals surface area contributed by atoms with Crippen LogP contribution in [0.25, 0.3) is 0 Å². The number of hydrogen-bond donors (Lipinski definition) is 1. The predicted molar refractivity (Wildman–Crippen MR) is 131 cm³/mol. The summed E-state index contributed by atoms with van der Waals surface area (Å²) in [7, 11) is 3.01. The van der Waals surface area contributed by atoms with Crippen molar-refractivity contribution in [3.8, 4) is 11.5 Å². The third-order valence-corrected chi connectivity index (χ3v) is 5.43. The minimum atomic E-state index is -0.715. The summed E-state index contributed by atoms with van der Waals surface area (Å²) >= 11 is 0. The van der Waals surface area contributed by atoms with Gasteiger partial charge in [0.2, 0.25) is 5.91 Å². The standard InChI is InChI=1S/C26H30N2O8/c1-16(2)14-35-25(31)17-5-7-19(8-6-17)27-23(29)15-36-26(32)18-11-24(30)28(13-18)21-10-9-20(33-3)12-22(21)34-4/h5-10,12,16,18H,11,13-15H2,1-4H3,(H,27,29)/t18-/m0/s1. The van der Waals surface area contributed by atoms with Crippen molar-refractivity contribution >= 4 is 35.1 Å². The lowest BCUT2D eigenvalue weighted by Crippen LogP contribution is -2.28. The van der Waals surface area contributed by atoms with Gasteiger partial charge in [-0.2, -0.15) is 0 Å². The van der Waals surface area contributed by atoms with Crippen LogP contribution < -0.4 is 19.7 Å². The van der Waals surface area contributed by atoms with E-state index < -0.39 is 30.4 Å². The molecule has 1 aliphatic rings. The smallest absolute Gasteiger partial charge is 0.338 e. The molecule has 0 bridgehead atoms. The highest BCUT2D eigenvalue weighted by Gasteiger charge is 2.37. The Hall–Kier alpha value is -4.08. The van der Waals surface area contributed by atoms with E-state index in [1.807, 2.05) is 13.8 Å². The monoisotopic (exact) mass is 498 g/mol. The van der Waals surface area contributed by atoms with Crippen molar-refractivity contribution in [2.75, 3.05) is 44.2 Å². The predicted octanol–water partition coefficient (Wildman–Crippen LogP) is 3.05. The summed E-state index contributed by atoms with van der Waals surface area (Å²) in [5.74, 6) is -1.35. The van der Waals surface area contributed by atoms with Crippen molar-refractivity contribution < 1.29 is 38.1 Å². The second-order valence-corrected chi connectivity index (χ2v) is 8.67. The molecule has 192 valence electrons. The Morgan fingerprint density at radius 2 is 1.75 bits per heavy atom. The zero-order valence-corrected chi connectivity index (χ0v) is 20.7. The van der Waals surface area contributed by atoms with Gasteiger partial charge in [-0.05, 0) is 42.3 Å². The summed E-state index contributed by atoms with van der Waals surface area (Å²) in [6, 6.07) is 11.2. The van der Waals surface area contributed by atoms with Crippen LogP contribution in [0.15, 0.2) is 42.5 Å². The first-order valence-electron chi connectivity index (χ1n) is 11.5. The number of carbonyl (C=O) groups is 4. The van der Waals surface area contributed by atoms with E-state index in [4.69, 9.17) is 18.9 Å². The number of carbonyl (C=O) groups excluding carboxylic acids is 4. The van der Waals surface area contributed by atoms with E-state index in [1.165, 1.54) is 31.3 Å². The molecule has 1 fully saturated rings. The minimum absolute atomic E-state index is 0.0377. The fraction of sp³-hybridized carbons (Fsp3) is 0.385. The van der Waals surface area contributed by atoms with Crippen LogP contribution >= 0.6 is 0 Å². The summed E-state index contributed by atoms with van der Waals surface area (Å²) < 4.78 is 20.8. The van der Waals surface area contributed by atoms with Crippen LogP contribution in [0.3, 0.4) is 0 Å². The normalized spacial score (nSPS) is 15.0. The number of amides is 2. The number of esters is 2. The first kappa shape index (κ1) is 26.5. The van der Waals surface area contributed by atoms with Gasteiger partial charge in [0.15, 0.2) is 6.61 Å². The largest absolute Gasteiger partial charge is 0.497 e. The first-order valence-corrected chi connectivity index (χ1v) is 11.5. The van der Waals surface area contributed by atoms with Gasteiger partial charge in [0.1, 0.15) is 11.5 Å². The number of ether oxygens (including phenoxy) is 4. The topological polar surface area (TPSA) is 120 Å². The average molecular weight is 499 g/mol. The van der Waals surface area contributed by atoms with E-state index in [-0.39, 0.29) is 24.8 Å². The highest BCUT2D eigenvalue weighted by molar-refractivity contribution is 6.01. The van der Waals surface area contributed by atoms with Gasteiger partial charge < -0.3 is 29.2 Å². The molecular weight excluding hydrogens is 468 g/mol. The molecule has 0 unspecified atom stereocenters. The Kier molecular flexibility index (Phi) is 8.88. The van der Waals surface area contributed by atoms with Gasteiger partial charge in [-0.25, -0.2) is 4.79 Å². The van der Waals surface area contributed by atoms with Gasteiger partial charge >= 0.3 is 11.9 Å². The molecule has 2 aromatic carbocycles. The van der Waals surface area contributed by atoms with Gasteiger partial charge in [-0.1, -0.05) is 13.8 Å². The highest BCUT2D eigenvalue weighted by atomic mass is 16.5. The molecular formula is C26H30N2O8. The van der Waals surface area contributed by atoms with Crippen molar-refractivity contribution in [3.63, 3.8) is 0 Å². The van der Waals surface area contributed by atoms with E-state index in [9.17, 15) is 19.2 Å². The Labute approximate surface area is 209 Å². The molecule has 0 saturated carbocycles. The third-order valence-electron chi connectivity index (χ3n) is 5.43. The van der Waals surface area contributed by atoms with Crippen LogP contribution in [0.2, 0.25) is 0 Å². The van der Waals surface area contributed by atoms with Crippen LogP contribution in [-0.2, 0) is 23.9 Å². The molecule has 2 aromatic rings. The highest BCUT2D eigenvalue weighted by Crippen LogP contribution is 2.36. The van der Waals surface area contributed by atoms with Crippen LogP contribution in [0.1, 0.15) is 30.6 Å². The van der Waals surface area contributed by atoms with Crippen molar-refractivity contribution in [1.82, 2.24) is 0 Å². The van der Waals surface area contributed by atoms with Crippen molar-refractivity contribution in [2.45, 2.75) is 20.3 Å². The zero-order chi connectivity index (χ0) is 26.2. The first-order chi connectivity index (χ1) is 17.2. The van der Waals surface area contributed by atoms with E-state index in [0.29, 0.717) is 35.0 Å². The maximum absolute atomic E-state index is 12.6. The molecule has 10 nitrogen and oxygen atoms in total. The third kappa shape index (κ3) is 6.74. The Morgan fingerprint density at radius 1 is 1.03 bits per heavy atom. The minimum Gasteiger partial charge on any atom is -0.497 e. The molecule has 0 aliphatic carbocycles. The molecule has 0 aromatic heterocycles. The number of methoxy groups -OCH3 is 2. The number of benzene rings is 2. The molecule has 3 rings (SSSR count). The molecule has 1 heterocycles. The summed E-state index contributed by atoms with van der Waals surface area (Å²) in [6.07, 6.45) is -0.0377. The number of hydrogen-bond acceptors (Lipinski definition) is 8. The molecule has 1 atom stereocenters. The summed E-state index contributed by atoms with van der Waals surface area (Å²) in [4.78, 5) is 50.8. The quantitative estimate of drug-likeness (QED) is 0.496. The van der Waals surface area contributed by atoms with E-state index >= 15 is 0 Å². The molecule has 1 N–H and O–H groups in total. The second kappa shape index (κ2) is 12.1. The van der Waals surface area contributed by atoms with E-state index in [1.54, 1.807) is 30.3 Å². The Morgan fingerprint density at radius 3 is 2.39 bits per heavy atom. The summed E-state index contributed by atoms with van der Waals surface area (Å²) in [5.41, 5.74) is 1.32. The Bertz CT molecular complexity index is 1110. The number of anilines is 2. The number of nitrogens with zero attached hydrogens (tertiary/aromatic N) is 1. The van der Waals surface area contributed by atoms with Gasteiger partial charge in [0, 0.05) is 24.7 Å². The van der Waals surface area contributed by atoms with Crippen molar-refractivity contribution in [1.29, 1.82) is 0 Å². The fourth-order valence-corrected chi connectivity index (χ4v) is 3.57. The van der Waals surface area contributed by atoms with Crippen LogP contribution in [0, 0.1) is 11.8 Å². The molecule has 1 aliphatic heterocycles. The number of nitrogens with one attached hydrogen (secondary N) is 1. The van der Waals surface area contributed by atoms with Gasteiger partial charge in [0.25, 0.3) is 5.91 Å². The van der Waals surface area contributed by atoms with Crippen molar-refractivity contribution in [2.24, 2.45) is 11.8 Å². The fourth-order valence-electron chi connectivity index (χ4n) is 3.57. The van der Waals surface area contributed by atoms with Crippen LogP contribution in [-0.4, -0.2) is 57.7 Å². The lowest BCUT2D eigenvalue weighted by atomic mass is 10.1. The van der Waals surface area contributed by atoms with E-state index in [2.05, 4.69) is 5.32 Å². The molecule has 0 radical (unpaired) electrons. The zero-order valence-electron chi connectivity index (χ0n) is 20.7. The van der Waals surface area contributed by atoms with Gasteiger partial charge in [-0.15, -0.1) is 0 Å². The van der Waals surface area contributed by atoms with Crippen LogP contribution in [0.4, 0.5) is 11.4 Å². The van der Waals surface area contributed by atoms with Crippen molar-refractivity contribution in [3.05, 3.63) is 48.0 Å². The van der Waals surface area contributed by atoms with E-state index in [0.717, 1.165) is 0 Å². The Balaban J connectivity index is 1.50. The molecule has 0 spiro atoms. The van der Waals surface area contributed by atoms with Gasteiger partial charge in [-0.3, -0.25) is 14.4 Å².